The van der Waals surface area contributed by atoms with Crippen molar-refractivity contribution >= 4 is 11.7 Å². The van der Waals surface area contributed by atoms with Gasteiger partial charge >= 0.3 is 0 Å². The maximum atomic E-state index is 7.68. The lowest BCUT2D eigenvalue weighted by Crippen LogP contribution is -2.36. The fraction of sp³-hybridized carbons (Fsp3) is 0.571. The van der Waals surface area contributed by atoms with Crippen LogP contribution in [0.5, 0.6) is 0 Å². The first-order valence-electron chi connectivity index (χ1n) is 6.83. The number of fused-ring (bicyclic) bond motifs is 1. The Hall–Kier alpha value is -1.58. The van der Waals surface area contributed by atoms with Crippen molar-refractivity contribution in [2.24, 2.45) is 11.7 Å². The van der Waals surface area contributed by atoms with Crippen LogP contribution in [0.2, 0.25) is 0 Å². The topological polar surface area (TPSA) is 66.0 Å². The van der Waals surface area contributed by atoms with E-state index >= 15 is 0 Å². The fourth-order valence-corrected chi connectivity index (χ4v) is 3.50. The summed E-state index contributed by atoms with van der Waals surface area (Å²) in [7, 11) is 0. The lowest BCUT2D eigenvalue weighted by Gasteiger charge is -2.33. The van der Waals surface area contributed by atoms with E-state index in [1.807, 2.05) is 12.1 Å². The molecule has 4 heteroatoms. The zero-order valence-corrected chi connectivity index (χ0v) is 10.6. The number of nitrogens with two attached hydrogens (primary N) is 1. The highest BCUT2D eigenvalue weighted by Crippen LogP contribution is 2.38. The van der Waals surface area contributed by atoms with E-state index in [-0.39, 0.29) is 5.84 Å². The summed E-state index contributed by atoms with van der Waals surface area (Å²) in [5.74, 6) is 1.86. The smallest absolute Gasteiger partial charge is 0.139 e. The number of hydrogen-bond donors (Lipinski definition) is 2. The van der Waals surface area contributed by atoms with Crippen molar-refractivity contribution in [2.75, 3.05) is 11.4 Å². The van der Waals surface area contributed by atoms with Crippen LogP contribution in [0, 0.1) is 11.3 Å². The molecule has 1 aromatic heterocycles. The number of hydrogen-bond acceptors (Lipinski definition) is 3. The highest BCUT2D eigenvalue weighted by molar-refractivity contribution is 5.99. The van der Waals surface area contributed by atoms with Crippen LogP contribution >= 0.6 is 0 Å². The highest BCUT2D eigenvalue weighted by Gasteiger charge is 2.37. The molecule has 0 bridgehead atoms. The maximum absolute atomic E-state index is 7.68. The third kappa shape index (κ3) is 1.85. The normalized spacial score (nSPS) is 27.0. The second-order valence-corrected chi connectivity index (χ2v) is 5.38. The number of aromatic nitrogens is 1. The fourth-order valence-electron chi connectivity index (χ4n) is 3.50. The van der Waals surface area contributed by atoms with Gasteiger partial charge in [-0.2, -0.15) is 0 Å². The van der Waals surface area contributed by atoms with Gasteiger partial charge in [0, 0.05) is 18.8 Å². The molecule has 1 saturated carbocycles. The third-order valence-electron chi connectivity index (χ3n) is 4.36. The number of nitrogens with one attached hydrogen (secondary N) is 1. The molecular formula is C14H20N4. The summed E-state index contributed by atoms with van der Waals surface area (Å²) in [5, 5.41) is 7.68. The number of nitrogens with zero attached hydrogens (tertiary/aromatic N) is 2. The lowest BCUT2D eigenvalue weighted by atomic mass is 9.85. The average molecular weight is 244 g/mol. The van der Waals surface area contributed by atoms with E-state index in [1.165, 1.54) is 32.1 Å². The molecule has 2 fully saturated rings. The minimum Gasteiger partial charge on any atom is -0.384 e. The van der Waals surface area contributed by atoms with Gasteiger partial charge in [-0.15, -0.1) is 0 Å². The number of pyridine rings is 1. The summed E-state index contributed by atoms with van der Waals surface area (Å²) in [6, 6.07) is 4.38. The van der Waals surface area contributed by atoms with E-state index in [0.717, 1.165) is 23.8 Å². The van der Waals surface area contributed by atoms with Crippen molar-refractivity contribution in [1.29, 1.82) is 5.41 Å². The summed E-state index contributed by atoms with van der Waals surface area (Å²) >= 11 is 0. The Morgan fingerprint density at radius 3 is 3.00 bits per heavy atom. The zero-order chi connectivity index (χ0) is 12.5. The van der Waals surface area contributed by atoms with Gasteiger partial charge < -0.3 is 10.6 Å². The molecule has 1 saturated heterocycles. The predicted molar refractivity (Wildman–Crippen MR) is 73.0 cm³/mol. The SMILES string of the molecule is N=C(N)c1cccnc1N1CCC2CCCCC21. The molecule has 0 amide bonds. The molecule has 2 aliphatic rings. The Morgan fingerprint density at radius 1 is 1.33 bits per heavy atom. The first kappa shape index (κ1) is 11.5. The molecule has 2 unspecified atom stereocenters. The number of amidine groups is 1. The number of rotatable bonds is 2. The van der Waals surface area contributed by atoms with Crippen LogP contribution in [-0.4, -0.2) is 23.4 Å². The van der Waals surface area contributed by atoms with E-state index in [9.17, 15) is 0 Å². The lowest BCUT2D eigenvalue weighted by molar-refractivity contribution is 0.341. The third-order valence-corrected chi connectivity index (χ3v) is 4.36. The highest BCUT2D eigenvalue weighted by atomic mass is 15.2. The molecule has 4 nitrogen and oxygen atoms in total. The van der Waals surface area contributed by atoms with Crippen molar-refractivity contribution in [1.82, 2.24) is 4.98 Å². The van der Waals surface area contributed by atoms with Crippen molar-refractivity contribution in [2.45, 2.75) is 38.1 Å². The first-order chi connectivity index (χ1) is 8.77. The molecule has 2 heterocycles. The molecule has 18 heavy (non-hydrogen) atoms. The summed E-state index contributed by atoms with van der Waals surface area (Å²) in [5.41, 5.74) is 6.45. The minimum atomic E-state index is 0.123. The van der Waals surface area contributed by atoms with Gasteiger partial charge in [0.1, 0.15) is 11.7 Å². The van der Waals surface area contributed by atoms with Crippen LogP contribution in [-0.2, 0) is 0 Å². The van der Waals surface area contributed by atoms with E-state index in [2.05, 4.69) is 9.88 Å². The molecule has 3 rings (SSSR count). The van der Waals surface area contributed by atoms with Gasteiger partial charge in [-0.1, -0.05) is 12.8 Å². The number of nitrogen functional groups attached to an aromatic ring is 1. The Bertz CT molecular complexity index is 457. The van der Waals surface area contributed by atoms with Crippen molar-refractivity contribution in [3.8, 4) is 0 Å². The van der Waals surface area contributed by atoms with Crippen LogP contribution in [0.15, 0.2) is 18.3 Å². The van der Waals surface area contributed by atoms with Crippen LogP contribution in [0.1, 0.15) is 37.7 Å². The van der Waals surface area contributed by atoms with E-state index in [0.29, 0.717) is 6.04 Å². The van der Waals surface area contributed by atoms with E-state index in [4.69, 9.17) is 11.1 Å². The summed E-state index contributed by atoms with van der Waals surface area (Å²) < 4.78 is 0. The van der Waals surface area contributed by atoms with Gasteiger partial charge in [-0.25, -0.2) is 4.98 Å². The Morgan fingerprint density at radius 2 is 2.17 bits per heavy atom. The van der Waals surface area contributed by atoms with Crippen LogP contribution in [0.4, 0.5) is 5.82 Å². The molecule has 2 atom stereocenters. The van der Waals surface area contributed by atoms with Gasteiger partial charge in [0.25, 0.3) is 0 Å². The van der Waals surface area contributed by atoms with Crippen LogP contribution in [0.25, 0.3) is 0 Å². The van der Waals surface area contributed by atoms with Crippen LogP contribution in [0.3, 0.4) is 0 Å². The van der Waals surface area contributed by atoms with E-state index in [1.54, 1.807) is 6.20 Å². The second-order valence-electron chi connectivity index (χ2n) is 5.38. The van der Waals surface area contributed by atoms with E-state index < -0.39 is 0 Å². The van der Waals surface area contributed by atoms with Crippen molar-refractivity contribution < 1.29 is 0 Å². The van der Waals surface area contributed by atoms with Crippen LogP contribution < -0.4 is 10.6 Å². The first-order valence-corrected chi connectivity index (χ1v) is 6.83. The molecular weight excluding hydrogens is 224 g/mol. The average Bonchev–Trinajstić information content (AvgIpc) is 2.82. The molecule has 0 spiro atoms. The summed E-state index contributed by atoms with van der Waals surface area (Å²) in [6.07, 6.45) is 8.37. The monoisotopic (exact) mass is 244 g/mol. The number of anilines is 1. The molecule has 0 radical (unpaired) electrons. The van der Waals surface area contributed by atoms with Gasteiger partial charge in [-0.3, -0.25) is 5.41 Å². The molecule has 96 valence electrons. The predicted octanol–water partition coefficient (Wildman–Crippen LogP) is 2.13. The minimum absolute atomic E-state index is 0.123. The largest absolute Gasteiger partial charge is 0.384 e. The molecule has 1 aliphatic carbocycles. The Labute approximate surface area is 108 Å². The Balaban J connectivity index is 1.93. The maximum Gasteiger partial charge on any atom is 0.139 e. The molecule has 0 aromatic carbocycles. The standard InChI is InChI=1S/C14H20N4/c15-13(16)11-5-3-8-17-14(11)18-9-7-10-4-1-2-6-12(10)18/h3,5,8,10,12H,1-2,4,6-7,9H2,(H3,15,16). The summed E-state index contributed by atoms with van der Waals surface area (Å²) in [6.45, 7) is 1.06. The van der Waals surface area contributed by atoms with Crippen molar-refractivity contribution in [3.05, 3.63) is 23.9 Å². The Kier molecular flexibility index (Phi) is 2.94. The molecule has 1 aliphatic heterocycles. The molecule has 3 N–H and O–H groups in total. The summed E-state index contributed by atoms with van der Waals surface area (Å²) in [4.78, 5) is 6.87. The zero-order valence-electron chi connectivity index (χ0n) is 10.6. The second kappa shape index (κ2) is 4.59. The van der Waals surface area contributed by atoms with Crippen molar-refractivity contribution in [3.63, 3.8) is 0 Å². The van der Waals surface area contributed by atoms with Gasteiger partial charge in [0.15, 0.2) is 0 Å². The van der Waals surface area contributed by atoms with Gasteiger partial charge in [0.05, 0.1) is 5.56 Å². The van der Waals surface area contributed by atoms with Gasteiger partial charge in [0.2, 0.25) is 0 Å². The quantitative estimate of drug-likeness (QED) is 0.618. The van der Waals surface area contributed by atoms with Gasteiger partial charge in [-0.05, 0) is 37.3 Å². The molecule has 1 aromatic rings.